The van der Waals surface area contributed by atoms with Gasteiger partial charge >= 0.3 is 12.1 Å². The SMILES string of the molecule is Cc1ccc(C#N)c(C)c1COC(=O)C1C(/C=C(/Cl)C(F)(F)F)C1(C)C. The number of allylic oxidation sites excluding steroid dienone is 2. The van der Waals surface area contributed by atoms with E-state index < -0.39 is 34.4 Å². The molecule has 2 unspecified atom stereocenters. The molecule has 3 nitrogen and oxygen atoms in total. The summed E-state index contributed by atoms with van der Waals surface area (Å²) in [7, 11) is 0. The van der Waals surface area contributed by atoms with E-state index in [-0.39, 0.29) is 6.61 Å². The molecular formula is C19H19ClF3NO2. The Morgan fingerprint density at radius 3 is 2.54 bits per heavy atom. The standard InChI is InChI=1S/C19H19ClF3NO2/c1-10-5-6-12(8-24)11(2)13(10)9-26-17(25)16-14(18(16,3)4)7-15(20)19(21,22)23/h5-7,14,16H,9H2,1-4H3/b15-7+. The number of esters is 1. The van der Waals surface area contributed by atoms with Crippen molar-refractivity contribution in [3.05, 3.63) is 45.5 Å². The molecule has 26 heavy (non-hydrogen) atoms. The quantitative estimate of drug-likeness (QED) is 0.671. The Balaban J connectivity index is 2.12. The van der Waals surface area contributed by atoms with Crippen LogP contribution in [-0.4, -0.2) is 12.1 Å². The van der Waals surface area contributed by atoms with Gasteiger partial charge in [0, 0.05) is 0 Å². The molecule has 1 saturated carbocycles. The zero-order chi connectivity index (χ0) is 19.9. The first-order valence-electron chi connectivity index (χ1n) is 8.01. The molecule has 0 aliphatic heterocycles. The van der Waals surface area contributed by atoms with Crippen molar-refractivity contribution in [2.75, 3.05) is 0 Å². The molecule has 1 fully saturated rings. The number of halogens is 4. The summed E-state index contributed by atoms with van der Waals surface area (Å²) in [5, 5.41) is 7.87. The zero-order valence-electron chi connectivity index (χ0n) is 14.9. The summed E-state index contributed by atoms with van der Waals surface area (Å²) < 4.78 is 43.2. The van der Waals surface area contributed by atoms with Gasteiger partial charge in [-0.05, 0) is 47.9 Å². The third-order valence-corrected chi connectivity index (χ3v) is 5.41. The van der Waals surface area contributed by atoms with Gasteiger partial charge in [-0.15, -0.1) is 0 Å². The normalized spacial score (nSPS) is 21.9. The van der Waals surface area contributed by atoms with Crippen LogP contribution < -0.4 is 0 Å². The molecule has 0 N–H and O–H groups in total. The number of ether oxygens (including phenoxy) is 1. The van der Waals surface area contributed by atoms with E-state index in [9.17, 15) is 18.0 Å². The number of carbonyl (C=O) groups is 1. The summed E-state index contributed by atoms with van der Waals surface area (Å²) in [6, 6.07) is 5.53. The fourth-order valence-corrected chi connectivity index (χ4v) is 3.30. The summed E-state index contributed by atoms with van der Waals surface area (Å²) in [4.78, 5) is 12.4. The van der Waals surface area contributed by atoms with Gasteiger partial charge in [-0.1, -0.05) is 37.6 Å². The van der Waals surface area contributed by atoms with Gasteiger partial charge in [0.2, 0.25) is 0 Å². The van der Waals surface area contributed by atoms with Crippen molar-refractivity contribution < 1.29 is 22.7 Å². The fourth-order valence-electron chi connectivity index (χ4n) is 3.16. The number of aryl methyl sites for hydroxylation is 1. The highest BCUT2D eigenvalue weighted by atomic mass is 35.5. The molecule has 0 aromatic heterocycles. The zero-order valence-corrected chi connectivity index (χ0v) is 15.6. The van der Waals surface area contributed by atoms with Gasteiger partial charge in [0.15, 0.2) is 0 Å². The van der Waals surface area contributed by atoms with Crippen LogP contribution in [0, 0.1) is 42.4 Å². The Hall–Kier alpha value is -2.00. The Labute approximate surface area is 155 Å². The van der Waals surface area contributed by atoms with Gasteiger partial charge in [0.05, 0.1) is 17.6 Å². The first kappa shape index (κ1) is 20.3. The summed E-state index contributed by atoms with van der Waals surface area (Å²) in [5.74, 6) is -1.88. The topological polar surface area (TPSA) is 50.1 Å². The number of nitrogens with zero attached hydrogens (tertiary/aromatic N) is 1. The maximum absolute atomic E-state index is 12.6. The summed E-state index contributed by atoms with van der Waals surface area (Å²) in [6.45, 7) is 6.99. The van der Waals surface area contributed by atoms with Gasteiger partial charge in [-0.2, -0.15) is 18.4 Å². The van der Waals surface area contributed by atoms with Crippen molar-refractivity contribution in [2.45, 2.75) is 40.5 Å². The van der Waals surface area contributed by atoms with Gasteiger partial charge in [-0.25, -0.2) is 0 Å². The van der Waals surface area contributed by atoms with Crippen LogP contribution in [-0.2, 0) is 16.1 Å². The highest BCUT2D eigenvalue weighted by Crippen LogP contribution is 2.60. The predicted molar refractivity (Wildman–Crippen MR) is 91.2 cm³/mol. The molecule has 1 aromatic carbocycles. The molecule has 1 aliphatic rings. The van der Waals surface area contributed by atoms with Gasteiger partial charge in [-0.3, -0.25) is 4.79 Å². The molecule has 0 amide bonds. The van der Waals surface area contributed by atoms with E-state index in [1.54, 1.807) is 32.9 Å². The molecular weight excluding hydrogens is 367 g/mol. The molecule has 7 heteroatoms. The summed E-state index contributed by atoms with van der Waals surface area (Å²) in [6.07, 6.45) is -3.74. The molecule has 2 atom stereocenters. The van der Waals surface area contributed by atoms with Crippen LogP contribution in [0.3, 0.4) is 0 Å². The van der Waals surface area contributed by atoms with E-state index in [0.29, 0.717) is 5.56 Å². The molecule has 140 valence electrons. The second kappa shape index (κ2) is 6.96. The van der Waals surface area contributed by atoms with E-state index in [1.165, 1.54) is 0 Å². The molecule has 0 spiro atoms. The lowest BCUT2D eigenvalue weighted by Crippen LogP contribution is -2.12. The molecule has 2 rings (SSSR count). The highest BCUT2D eigenvalue weighted by Gasteiger charge is 2.62. The van der Waals surface area contributed by atoms with E-state index in [4.69, 9.17) is 21.6 Å². The van der Waals surface area contributed by atoms with Gasteiger partial charge in [0.25, 0.3) is 0 Å². The Morgan fingerprint density at radius 2 is 2.00 bits per heavy atom. The second-order valence-corrected chi connectivity index (χ2v) is 7.50. The van der Waals surface area contributed by atoms with Crippen molar-refractivity contribution in [1.29, 1.82) is 5.26 Å². The van der Waals surface area contributed by atoms with Crippen molar-refractivity contribution >= 4 is 17.6 Å². The van der Waals surface area contributed by atoms with Crippen LogP contribution in [0.4, 0.5) is 13.2 Å². The predicted octanol–water partition coefficient (Wildman–Crippen LogP) is 5.18. The smallest absolute Gasteiger partial charge is 0.426 e. The third kappa shape index (κ3) is 3.88. The number of rotatable bonds is 4. The lowest BCUT2D eigenvalue weighted by molar-refractivity contribution is -0.147. The maximum Gasteiger partial charge on any atom is 0.426 e. The number of carbonyl (C=O) groups excluding carboxylic acids is 1. The molecule has 1 aliphatic carbocycles. The van der Waals surface area contributed by atoms with E-state index in [1.807, 2.05) is 6.92 Å². The minimum Gasteiger partial charge on any atom is -0.461 e. The maximum atomic E-state index is 12.6. The number of benzene rings is 1. The Kier molecular flexibility index (Phi) is 5.44. The minimum absolute atomic E-state index is 0.0258. The van der Waals surface area contributed by atoms with Crippen LogP contribution >= 0.6 is 11.6 Å². The second-order valence-electron chi connectivity index (χ2n) is 7.09. The highest BCUT2D eigenvalue weighted by molar-refractivity contribution is 6.30. The third-order valence-electron chi connectivity index (χ3n) is 5.07. The minimum atomic E-state index is -4.62. The molecule has 0 radical (unpaired) electrons. The molecule has 0 bridgehead atoms. The summed E-state index contributed by atoms with van der Waals surface area (Å²) in [5.41, 5.74) is 2.18. The van der Waals surface area contributed by atoms with Crippen LogP contribution in [0.25, 0.3) is 0 Å². The number of alkyl halides is 3. The van der Waals surface area contributed by atoms with Crippen molar-refractivity contribution in [3.8, 4) is 6.07 Å². The van der Waals surface area contributed by atoms with Crippen LogP contribution in [0.5, 0.6) is 0 Å². The lowest BCUT2D eigenvalue weighted by Gasteiger charge is -2.12. The number of hydrogen-bond donors (Lipinski definition) is 0. The average Bonchev–Trinajstić information content (AvgIpc) is 3.06. The fraction of sp³-hybridized carbons (Fsp3) is 0.474. The van der Waals surface area contributed by atoms with Crippen LogP contribution in [0.1, 0.15) is 36.1 Å². The monoisotopic (exact) mass is 385 g/mol. The first-order valence-corrected chi connectivity index (χ1v) is 8.39. The van der Waals surface area contributed by atoms with Crippen LogP contribution in [0.2, 0.25) is 0 Å². The van der Waals surface area contributed by atoms with Gasteiger partial charge < -0.3 is 4.74 Å². The van der Waals surface area contributed by atoms with E-state index in [0.717, 1.165) is 22.8 Å². The van der Waals surface area contributed by atoms with Crippen molar-refractivity contribution in [2.24, 2.45) is 17.3 Å². The van der Waals surface area contributed by atoms with E-state index >= 15 is 0 Å². The lowest BCUT2D eigenvalue weighted by atomic mass is 9.99. The largest absolute Gasteiger partial charge is 0.461 e. The average molecular weight is 386 g/mol. The van der Waals surface area contributed by atoms with Crippen molar-refractivity contribution in [3.63, 3.8) is 0 Å². The summed E-state index contributed by atoms with van der Waals surface area (Å²) >= 11 is 5.29. The Morgan fingerprint density at radius 1 is 1.38 bits per heavy atom. The van der Waals surface area contributed by atoms with Crippen molar-refractivity contribution in [1.82, 2.24) is 0 Å². The Bertz CT molecular complexity index is 806. The number of nitriles is 1. The van der Waals surface area contributed by atoms with Crippen LogP contribution in [0.15, 0.2) is 23.2 Å². The van der Waals surface area contributed by atoms with E-state index in [2.05, 4.69) is 6.07 Å². The molecule has 0 saturated heterocycles. The molecule has 1 aromatic rings. The molecule has 0 heterocycles. The first-order chi connectivity index (χ1) is 11.9. The van der Waals surface area contributed by atoms with Gasteiger partial charge in [0.1, 0.15) is 11.6 Å². The number of hydrogen-bond acceptors (Lipinski definition) is 3.